The molecule has 17 heavy (non-hydrogen) atoms. The van der Waals surface area contributed by atoms with Gasteiger partial charge in [0.25, 0.3) is 0 Å². The number of halogens is 1. The van der Waals surface area contributed by atoms with Crippen molar-refractivity contribution in [2.24, 2.45) is 5.41 Å². The number of hydrogen-bond donors (Lipinski definition) is 0. The molecule has 0 unspecified atom stereocenters. The Labute approximate surface area is 99.0 Å². The first-order valence-corrected chi connectivity index (χ1v) is 5.43. The molecule has 1 saturated carbocycles. The Hall–Kier alpha value is -2.07. The van der Waals surface area contributed by atoms with Crippen LogP contribution >= 0.6 is 0 Å². The molecule has 0 N–H and O–H groups in total. The molecule has 1 aliphatic rings. The van der Waals surface area contributed by atoms with Gasteiger partial charge in [-0.15, -0.1) is 0 Å². The summed E-state index contributed by atoms with van der Waals surface area (Å²) < 4.78 is 18.7. The maximum atomic E-state index is 13.4. The highest BCUT2D eigenvalue weighted by atomic mass is 19.1. The molecule has 1 aromatic rings. The van der Waals surface area contributed by atoms with E-state index >= 15 is 0 Å². The van der Waals surface area contributed by atoms with Crippen molar-refractivity contribution < 1.29 is 9.13 Å². The zero-order valence-corrected chi connectivity index (χ0v) is 9.24. The number of hydrogen-bond acceptors (Lipinski definition) is 3. The Balaban J connectivity index is 2.09. The second-order valence-electron chi connectivity index (χ2n) is 4.29. The van der Waals surface area contributed by atoms with Crippen molar-refractivity contribution >= 4 is 0 Å². The number of benzene rings is 1. The second kappa shape index (κ2) is 4.43. The topological polar surface area (TPSA) is 56.8 Å². The van der Waals surface area contributed by atoms with E-state index in [1.165, 1.54) is 18.2 Å². The molecule has 86 valence electrons. The van der Waals surface area contributed by atoms with Crippen LogP contribution in [-0.4, -0.2) is 6.61 Å². The Bertz CT molecular complexity index is 509. The summed E-state index contributed by atoms with van der Waals surface area (Å²) in [6.07, 6.45) is 2.60. The molecule has 0 aliphatic heterocycles. The molecule has 0 saturated heterocycles. The lowest BCUT2D eigenvalue weighted by atomic mass is 9.71. The predicted octanol–water partition coefficient (Wildman–Crippen LogP) is 2.77. The maximum Gasteiger partial charge on any atom is 0.165 e. The minimum absolute atomic E-state index is 0.0468. The molecule has 3 nitrogen and oxygen atoms in total. The van der Waals surface area contributed by atoms with E-state index in [0.717, 1.165) is 19.3 Å². The molecule has 1 aliphatic carbocycles. The molecule has 1 fully saturated rings. The largest absolute Gasteiger partial charge is 0.489 e. The monoisotopic (exact) mass is 230 g/mol. The summed E-state index contributed by atoms with van der Waals surface area (Å²) in [7, 11) is 0. The van der Waals surface area contributed by atoms with Gasteiger partial charge in [0, 0.05) is 6.07 Å². The van der Waals surface area contributed by atoms with Crippen LogP contribution < -0.4 is 4.74 Å². The highest BCUT2D eigenvalue weighted by Gasteiger charge is 2.38. The van der Waals surface area contributed by atoms with Crippen LogP contribution in [0.4, 0.5) is 4.39 Å². The lowest BCUT2D eigenvalue weighted by molar-refractivity contribution is 0.112. The lowest BCUT2D eigenvalue weighted by Crippen LogP contribution is -2.34. The summed E-state index contributed by atoms with van der Waals surface area (Å²) in [4.78, 5) is 0. The van der Waals surface area contributed by atoms with E-state index in [1.807, 2.05) is 6.07 Å². The van der Waals surface area contributed by atoms with Crippen LogP contribution in [0.1, 0.15) is 24.8 Å². The van der Waals surface area contributed by atoms with Gasteiger partial charge in [0.15, 0.2) is 11.6 Å². The summed E-state index contributed by atoms with van der Waals surface area (Å²) in [6.45, 7) is 0.190. The summed E-state index contributed by atoms with van der Waals surface area (Å²) in [5.41, 5.74) is -0.115. The number of ether oxygens (including phenoxy) is 1. The third-order valence-corrected chi connectivity index (χ3v) is 3.11. The summed E-state index contributed by atoms with van der Waals surface area (Å²) in [6, 6.07) is 8.10. The number of rotatable bonds is 3. The molecule has 0 radical (unpaired) electrons. The molecule has 2 rings (SSSR count). The first kappa shape index (κ1) is 11.4. The third kappa shape index (κ3) is 2.21. The normalized spacial score (nSPS) is 16.4. The zero-order valence-electron chi connectivity index (χ0n) is 9.24. The Kier molecular flexibility index (Phi) is 2.97. The van der Waals surface area contributed by atoms with E-state index in [-0.39, 0.29) is 12.4 Å². The summed E-state index contributed by atoms with van der Waals surface area (Å²) in [5.74, 6) is -0.456. The smallest absolute Gasteiger partial charge is 0.165 e. The Morgan fingerprint density at radius 2 is 2.12 bits per heavy atom. The fraction of sp³-hybridized carbons (Fsp3) is 0.385. The third-order valence-electron chi connectivity index (χ3n) is 3.11. The van der Waals surface area contributed by atoms with Crippen molar-refractivity contribution in [1.29, 1.82) is 10.5 Å². The summed E-state index contributed by atoms with van der Waals surface area (Å²) in [5, 5.41) is 17.7. The number of nitrogens with zero attached hydrogens (tertiary/aromatic N) is 2. The Morgan fingerprint density at radius 3 is 2.65 bits per heavy atom. The van der Waals surface area contributed by atoms with E-state index < -0.39 is 11.2 Å². The van der Waals surface area contributed by atoms with Gasteiger partial charge in [0.2, 0.25) is 0 Å². The van der Waals surface area contributed by atoms with Gasteiger partial charge in [-0.2, -0.15) is 10.5 Å². The average molecular weight is 230 g/mol. The van der Waals surface area contributed by atoms with Crippen LogP contribution in [0.15, 0.2) is 18.2 Å². The molecule has 0 heterocycles. The van der Waals surface area contributed by atoms with Gasteiger partial charge in [-0.1, -0.05) is 6.42 Å². The molecule has 0 amide bonds. The minimum atomic E-state index is -0.503. The van der Waals surface area contributed by atoms with Crippen LogP contribution in [0.5, 0.6) is 5.75 Å². The average Bonchev–Trinajstić information content (AvgIpc) is 2.30. The van der Waals surface area contributed by atoms with E-state index in [1.54, 1.807) is 0 Å². The van der Waals surface area contributed by atoms with Gasteiger partial charge in [-0.05, 0) is 25.0 Å². The van der Waals surface area contributed by atoms with Crippen LogP contribution in [-0.2, 0) is 0 Å². The van der Waals surface area contributed by atoms with Crippen LogP contribution in [0, 0.1) is 33.9 Å². The lowest BCUT2D eigenvalue weighted by Gasteiger charge is -2.34. The highest BCUT2D eigenvalue weighted by Crippen LogP contribution is 2.40. The van der Waals surface area contributed by atoms with E-state index in [9.17, 15) is 4.39 Å². The second-order valence-corrected chi connectivity index (χ2v) is 4.29. The first-order valence-electron chi connectivity index (χ1n) is 5.43. The fourth-order valence-electron chi connectivity index (χ4n) is 1.79. The predicted molar refractivity (Wildman–Crippen MR) is 58.5 cm³/mol. The number of nitriles is 2. The van der Waals surface area contributed by atoms with E-state index in [2.05, 4.69) is 6.07 Å². The van der Waals surface area contributed by atoms with E-state index in [4.69, 9.17) is 15.3 Å². The van der Waals surface area contributed by atoms with Crippen molar-refractivity contribution in [2.75, 3.05) is 6.61 Å². The van der Waals surface area contributed by atoms with Crippen LogP contribution in [0.25, 0.3) is 0 Å². The molecule has 0 atom stereocenters. The summed E-state index contributed by atoms with van der Waals surface area (Å²) >= 11 is 0. The van der Waals surface area contributed by atoms with Gasteiger partial charge >= 0.3 is 0 Å². The Morgan fingerprint density at radius 1 is 1.35 bits per heavy atom. The van der Waals surface area contributed by atoms with Gasteiger partial charge in [0.05, 0.1) is 23.1 Å². The van der Waals surface area contributed by atoms with Crippen molar-refractivity contribution in [3.05, 3.63) is 29.6 Å². The van der Waals surface area contributed by atoms with Crippen molar-refractivity contribution in [3.8, 4) is 17.9 Å². The highest BCUT2D eigenvalue weighted by molar-refractivity contribution is 5.37. The van der Waals surface area contributed by atoms with E-state index in [0.29, 0.717) is 5.56 Å². The quantitative estimate of drug-likeness (QED) is 0.802. The van der Waals surface area contributed by atoms with Gasteiger partial charge in [-0.25, -0.2) is 4.39 Å². The standard InChI is InChI=1S/C13H11FN2O/c14-11-3-2-10(7-15)6-12(11)17-9-13(8-16)4-1-5-13/h2-3,6H,1,4-5,9H2. The molecule has 0 aromatic heterocycles. The maximum absolute atomic E-state index is 13.4. The molecular weight excluding hydrogens is 219 g/mol. The molecular formula is C13H11FN2O. The van der Waals surface area contributed by atoms with Gasteiger partial charge in [0.1, 0.15) is 6.61 Å². The van der Waals surface area contributed by atoms with Crippen LogP contribution in [0.2, 0.25) is 0 Å². The van der Waals surface area contributed by atoms with Crippen LogP contribution in [0.3, 0.4) is 0 Å². The minimum Gasteiger partial charge on any atom is -0.489 e. The van der Waals surface area contributed by atoms with Crippen molar-refractivity contribution in [1.82, 2.24) is 0 Å². The van der Waals surface area contributed by atoms with Crippen molar-refractivity contribution in [2.45, 2.75) is 19.3 Å². The van der Waals surface area contributed by atoms with Crippen molar-refractivity contribution in [3.63, 3.8) is 0 Å². The first-order chi connectivity index (χ1) is 8.19. The molecule has 1 aromatic carbocycles. The molecule has 4 heteroatoms. The molecule has 0 spiro atoms. The van der Waals surface area contributed by atoms with Gasteiger partial charge < -0.3 is 4.74 Å². The SMILES string of the molecule is N#Cc1ccc(F)c(OCC2(C#N)CCC2)c1. The molecule has 0 bridgehead atoms. The fourth-order valence-corrected chi connectivity index (χ4v) is 1.79. The van der Waals surface area contributed by atoms with Gasteiger partial charge in [-0.3, -0.25) is 0 Å². The zero-order chi connectivity index (χ0) is 12.3.